The molecule has 0 bridgehead atoms. The third kappa shape index (κ3) is 5.67. The number of nitrogens with zero attached hydrogens (tertiary/aromatic N) is 5. The highest BCUT2D eigenvalue weighted by molar-refractivity contribution is 5.78. The molecule has 264 valence electrons. The van der Waals surface area contributed by atoms with Crippen molar-refractivity contribution < 1.29 is 33.9 Å². The standard InChI is InChI=1S/C24H24N4O3.C14H11N3O4/c1-23(2,3)13-29-17-6-7-20-18(10-17)24(14-30-22(25)28-24)19-9-16(12-27-21(19)31-20)15-5-4-8-26-11-15;15-13-17-14(6-20-13)9-3-7(18)1-2-11(9)21-12-10(14)4-8(19)5-16-12/h4-12H,13-14H2,1-3H3,(H2,25,28);1-5,18-19H,6H2,(H2,15,17)/t24-;14-/m00/s1. The number of phenolic OH excluding ortho intramolecular Hbond substituents is 1. The summed E-state index contributed by atoms with van der Waals surface area (Å²) in [5.74, 6) is 2.81. The number of ether oxygens (including phenoxy) is 5. The molecule has 52 heavy (non-hydrogen) atoms. The molecule has 2 atom stereocenters. The molecule has 2 aromatic carbocycles. The van der Waals surface area contributed by atoms with Gasteiger partial charge < -0.3 is 45.4 Å². The Morgan fingerprint density at radius 1 is 0.712 bits per heavy atom. The van der Waals surface area contributed by atoms with Crippen molar-refractivity contribution in [2.75, 3.05) is 19.8 Å². The van der Waals surface area contributed by atoms with Crippen LogP contribution in [0.1, 0.15) is 43.0 Å². The Morgan fingerprint density at radius 2 is 1.33 bits per heavy atom. The van der Waals surface area contributed by atoms with Crippen molar-refractivity contribution in [1.82, 2.24) is 15.0 Å². The van der Waals surface area contributed by atoms with Gasteiger partial charge in [0.1, 0.15) is 42.0 Å². The first-order chi connectivity index (χ1) is 24.9. The Balaban J connectivity index is 0.000000160. The van der Waals surface area contributed by atoms with E-state index in [2.05, 4.69) is 40.7 Å². The molecule has 14 heteroatoms. The topological polar surface area (TPSA) is 202 Å². The maximum Gasteiger partial charge on any atom is 0.283 e. The lowest BCUT2D eigenvalue weighted by Gasteiger charge is -2.33. The van der Waals surface area contributed by atoms with Crippen LogP contribution in [0.2, 0.25) is 0 Å². The van der Waals surface area contributed by atoms with Crippen LogP contribution in [-0.4, -0.2) is 57.0 Å². The van der Waals surface area contributed by atoms with Gasteiger partial charge in [-0.2, -0.15) is 0 Å². The molecule has 14 nitrogen and oxygen atoms in total. The molecule has 3 aromatic heterocycles. The van der Waals surface area contributed by atoms with E-state index in [1.807, 2.05) is 36.4 Å². The van der Waals surface area contributed by atoms with Crippen molar-refractivity contribution >= 4 is 12.0 Å². The van der Waals surface area contributed by atoms with Crippen LogP contribution in [0.15, 0.2) is 95.4 Å². The monoisotopic (exact) mass is 701 g/mol. The van der Waals surface area contributed by atoms with Gasteiger partial charge in [0, 0.05) is 40.8 Å². The molecule has 9 rings (SSSR count). The van der Waals surface area contributed by atoms with Gasteiger partial charge in [0.25, 0.3) is 12.0 Å². The number of hydrogen-bond donors (Lipinski definition) is 4. The predicted octanol–water partition coefficient (Wildman–Crippen LogP) is 5.45. The Kier molecular flexibility index (Phi) is 7.55. The van der Waals surface area contributed by atoms with E-state index < -0.39 is 11.1 Å². The van der Waals surface area contributed by atoms with E-state index in [0.29, 0.717) is 41.0 Å². The number of nitrogens with two attached hydrogens (primary N) is 2. The summed E-state index contributed by atoms with van der Waals surface area (Å²) in [5.41, 5.74) is 14.5. The SMILES string of the molecule is CC(C)(C)COc1ccc2c(c1)[C@@]1(COC(N)=N1)c1cc(-c3cccnc3)cnc1O2.NC1=N[C@@]2(CO1)c1cc(O)ccc1Oc1ncc(O)cc12. The lowest BCUT2D eigenvalue weighted by atomic mass is 9.81. The molecule has 4 aliphatic heterocycles. The van der Waals surface area contributed by atoms with Crippen molar-refractivity contribution in [3.05, 3.63) is 108 Å². The lowest BCUT2D eigenvalue weighted by molar-refractivity contribution is 0.197. The van der Waals surface area contributed by atoms with Crippen LogP contribution in [0, 0.1) is 5.41 Å². The second-order valence-electron chi connectivity index (χ2n) is 14.0. The second kappa shape index (κ2) is 12.0. The van der Waals surface area contributed by atoms with E-state index in [1.165, 1.54) is 18.3 Å². The van der Waals surface area contributed by atoms with Crippen LogP contribution in [0.4, 0.5) is 0 Å². The van der Waals surface area contributed by atoms with E-state index in [4.69, 9.17) is 40.1 Å². The Hall–Kier alpha value is -6.57. The quantitative estimate of drug-likeness (QED) is 0.186. The number of fused-ring (bicyclic) bond motifs is 8. The molecule has 2 spiro atoms. The van der Waals surface area contributed by atoms with Gasteiger partial charge in [0.2, 0.25) is 11.8 Å². The van der Waals surface area contributed by atoms with Crippen LogP contribution in [0.5, 0.6) is 40.5 Å². The van der Waals surface area contributed by atoms with Gasteiger partial charge >= 0.3 is 0 Å². The Labute approximate surface area is 298 Å². The fourth-order valence-corrected chi connectivity index (χ4v) is 6.49. The summed E-state index contributed by atoms with van der Waals surface area (Å²) in [5, 5.41) is 19.5. The summed E-state index contributed by atoms with van der Waals surface area (Å²) in [6.07, 6.45) is 6.61. The molecule has 0 radical (unpaired) electrons. The smallest absolute Gasteiger partial charge is 0.283 e. The number of phenols is 1. The highest BCUT2D eigenvalue weighted by Crippen LogP contribution is 2.53. The number of pyridine rings is 3. The minimum atomic E-state index is -0.975. The maximum absolute atomic E-state index is 9.76. The first kappa shape index (κ1) is 32.6. The number of amidine groups is 2. The average Bonchev–Trinajstić information content (AvgIpc) is 3.72. The van der Waals surface area contributed by atoms with Crippen LogP contribution in [-0.2, 0) is 20.6 Å². The van der Waals surface area contributed by atoms with Gasteiger partial charge in [-0.05, 0) is 60.0 Å². The summed E-state index contributed by atoms with van der Waals surface area (Å²) >= 11 is 0. The average molecular weight is 702 g/mol. The van der Waals surface area contributed by atoms with Gasteiger partial charge in [-0.1, -0.05) is 26.8 Å². The van der Waals surface area contributed by atoms with Gasteiger partial charge in [0.15, 0.2) is 11.1 Å². The molecule has 0 amide bonds. The number of hydrogen-bond acceptors (Lipinski definition) is 14. The number of aromatic hydroxyl groups is 2. The van der Waals surface area contributed by atoms with E-state index in [-0.39, 0.29) is 42.2 Å². The molecule has 0 saturated heterocycles. The molecule has 0 saturated carbocycles. The summed E-state index contributed by atoms with van der Waals surface area (Å²) in [6, 6.07) is 18.1. The maximum atomic E-state index is 9.76. The molecule has 4 aliphatic rings. The number of benzene rings is 2. The van der Waals surface area contributed by atoms with Gasteiger partial charge in [-0.15, -0.1) is 0 Å². The molecule has 6 N–H and O–H groups in total. The third-order valence-electron chi connectivity index (χ3n) is 8.92. The van der Waals surface area contributed by atoms with Crippen LogP contribution >= 0.6 is 0 Å². The Morgan fingerprint density at radius 3 is 1.94 bits per heavy atom. The van der Waals surface area contributed by atoms with Crippen LogP contribution in [0.25, 0.3) is 11.1 Å². The first-order valence-electron chi connectivity index (χ1n) is 16.5. The summed E-state index contributed by atoms with van der Waals surface area (Å²) < 4.78 is 28.9. The zero-order valence-electron chi connectivity index (χ0n) is 28.5. The fraction of sp³-hybridized carbons (Fsp3) is 0.237. The number of rotatable bonds is 3. The summed E-state index contributed by atoms with van der Waals surface area (Å²) in [7, 11) is 0. The second-order valence-corrected chi connectivity index (χ2v) is 14.0. The third-order valence-corrected chi connectivity index (χ3v) is 8.92. The summed E-state index contributed by atoms with van der Waals surface area (Å²) in [4.78, 5) is 22.0. The molecule has 5 aromatic rings. The molecular formula is C38H35N7O7. The molecule has 7 heterocycles. The zero-order valence-corrected chi connectivity index (χ0v) is 28.5. The molecule has 0 aliphatic carbocycles. The van der Waals surface area contributed by atoms with Gasteiger partial charge in [-0.3, -0.25) is 4.98 Å². The summed E-state index contributed by atoms with van der Waals surface area (Å²) in [6.45, 7) is 7.40. The van der Waals surface area contributed by atoms with Crippen LogP contribution in [0.3, 0.4) is 0 Å². The molecule has 0 unspecified atom stereocenters. The highest BCUT2D eigenvalue weighted by Gasteiger charge is 2.49. The van der Waals surface area contributed by atoms with Gasteiger partial charge in [0.05, 0.1) is 23.9 Å². The highest BCUT2D eigenvalue weighted by atomic mass is 16.5. The molecule has 0 fully saturated rings. The lowest BCUT2D eigenvalue weighted by Crippen LogP contribution is -2.31. The van der Waals surface area contributed by atoms with E-state index in [1.54, 1.807) is 30.7 Å². The minimum absolute atomic E-state index is 0.0130. The van der Waals surface area contributed by atoms with Crippen LogP contribution < -0.4 is 25.7 Å². The number of aliphatic imine (C=N–C) groups is 2. The zero-order chi connectivity index (χ0) is 36.3. The van der Waals surface area contributed by atoms with Crippen molar-refractivity contribution in [2.24, 2.45) is 26.9 Å². The van der Waals surface area contributed by atoms with Crippen molar-refractivity contribution in [3.8, 4) is 51.6 Å². The normalized spacial score (nSPS) is 20.3. The predicted molar refractivity (Wildman–Crippen MR) is 190 cm³/mol. The fourth-order valence-electron chi connectivity index (χ4n) is 6.49. The van der Waals surface area contributed by atoms with E-state index >= 15 is 0 Å². The van der Waals surface area contributed by atoms with Gasteiger partial charge in [-0.25, -0.2) is 20.0 Å². The number of aromatic nitrogens is 3. The van der Waals surface area contributed by atoms with Crippen molar-refractivity contribution in [2.45, 2.75) is 31.8 Å². The van der Waals surface area contributed by atoms with Crippen molar-refractivity contribution in [1.29, 1.82) is 0 Å². The van der Waals surface area contributed by atoms with E-state index in [9.17, 15) is 10.2 Å². The Bertz CT molecular complexity index is 2220. The van der Waals surface area contributed by atoms with E-state index in [0.717, 1.165) is 28.0 Å². The minimum Gasteiger partial charge on any atom is -0.508 e. The largest absolute Gasteiger partial charge is 0.508 e. The first-order valence-corrected chi connectivity index (χ1v) is 16.5. The molecular weight excluding hydrogens is 666 g/mol. The van der Waals surface area contributed by atoms with Crippen molar-refractivity contribution in [3.63, 3.8) is 0 Å².